The van der Waals surface area contributed by atoms with Crippen LogP contribution in [-0.4, -0.2) is 6.54 Å². The Balaban J connectivity index is 0.000000450. The van der Waals surface area contributed by atoms with Crippen molar-refractivity contribution < 1.29 is 0 Å². The molecule has 1 N–H and O–H groups in total. The molecule has 0 spiro atoms. The van der Waals surface area contributed by atoms with E-state index >= 15 is 0 Å². The Morgan fingerprint density at radius 3 is 2.12 bits per heavy atom. The number of benzene rings is 1. The van der Waals surface area contributed by atoms with Crippen molar-refractivity contribution in [3.63, 3.8) is 0 Å². The molecule has 1 atom stereocenters. The molecule has 1 nitrogen and oxygen atoms in total. The van der Waals surface area contributed by atoms with Gasteiger partial charge in [0, 0.05) is 6.04 Å². The fourth-order valence-corrected chi connectivity index (χ4v) is 1.82. The van der Waals surface area contributed by atoms with Crippen molar-refractivity contribution >= 4 is 0 Å². The summed E-state index contributed by atoms with van der Waals surface area (Å²) in [5, 5.41) is 3.54. The molecule has 1 aromatic carbocycles. The highest BCUT2D eigenvalue weighted by Gasteiger charge is 2.13. The summed E-state index contributed by atoms with van der Waals surface area (Å²) in [6, 6.07) is 11.3. The average molecular weight is 235 g/mol. The molecule has 17 heavy (non-hydrogen) atoms. The summed E-state index contributed by atoms with van der Waals surface area (Å²) in [5.74, 6) is 0. The highest BCUT2D eigenvalue weighted by molar-refractivity contribution is 5.19. The Morgan fingerprint density at radius 1 is 1.06 bits per heavy atom. The quantitative estimate of drug-likeness (QED) is 0.726. The first-order valence-electron chi connectivity index (χ1n) is 7.16. The zero-order chi connectivity index (χ0) is 12.9. The van der Waals surface area contributed by atoms with E-state index in [1.807, 2.05) is 13.8 Å². The molecule has 0 bridgehead atoms. The molecule has 0 radical (unpaired) electrons. The van der Waals surface area contributed by atoms with E-state index in [0.29, 0.717) is 6.04 Å². The molecule has 1 aliphatic heterocycles. The normalized spacial score (nSPS) is 18.2. The first-order valence-corrected chi connectivity index (χ1v) is 7.16. The zero-order valence-electron chi connectivity index (χ0n) is 12.0. The largest absolute Gasteiger partial charge is 0.310 e. The van der Waals surface area contributed by atoms with Gasteiger partial charge in [-0.3, -0.25) is 0 Å². The molecule has 1 aromatic rings. The van der Waals surface area contributed by atoms with Gasteiger partial charge in [0.25, 0.3) is 0 Å². The second-order valence-corrected chi connectivity index (χ2v) is 4.12. The molecular formula is C16H29N. The summed E-state index contributed by atoms with van der Waals surface area (Å²) in [4.78, 5) is 0. The Hall–Kier alpha value is -0.820. The molecule has 98 valence electrons. The summed E-state index contributed by atoms with van der Waals surface area (Å²) in [5.41, 5.74) is 1.44. The SMILES string of the molecule is CC.CCC.c1ccc(C2CCCCN2)cc1. The van der Waals surface area contributed by atoms with Crippen LogP contribution in [0.25, 0.3) is 0 Å². The van der Waals surface area contributed by atoms with Crippen molar-refractivity contribution in [2.75, 3.05) is 6.54 Å². The van der Waals surface area contributed by atoms with Gasteiger partial charge in [-0.2, -0.15) is 0 Å². The topological polar surface area (TPSA) is 12.0 Å². The number of hydrogen-bond acceptors (Lipinski definition) is 1. The van der Waals surface area contributed by atoms with Gasteiger partial charge >= 0.3 is 0 Å². The van der Waals surface area contributed by atoms with Crippen molar-refractivity contribution in [1.29, 1.82) is 0 Å². The average Bonchev–Trinajstić information content (AvgIpc) is 2.44. The van der Waals surface area contributed by atoms with Gasteiger partial charge in [-0.1, -0.05) is 70.9 Å². The van der Waals surface area contributed by atoms with E-state index in [4.69, 9.17) is 0 Å². The van der Waals surface area contributed by atoms with Gasteiger partial charge in [0.1, 0.15) is 0 Å². The summed E-state index contributed by atoms with van der Waals surface area (Å²) in [7, 11) is 0. The van der Waals surface area contributed by atoms with Crippen molar-refractivity contribution in [2.24, 2.45) is 0 Å². The number of piperidine rings is 1. The minimum absolute atomic E-state index is 0.611. The van der Waals surface area contributed by atoms with Crippen molar-refractivity contribution in [2.45, 2.75) is 59.4 Å². The Labute approximate surface area is 108 Å². The molecule has 0 aliphatic carbocycles. The summed E-state index contributed by atoms with van der Waals surface area (Å²) in [6.07, 6.45) is 5.25. The molecule has 0 saturated carbocycles. The predicted molar refractivity (Wildman–Crippen MR) is 78.3 cm³/mol. The van der Waals surface area contributed by atoms with Crippen molar-refractivity contribution in [3.8, 4) is 0 Å². The van der Waals surface area contributed by atoms with Crippen LogP contribution in [0.15, 0.2) is 30.3 Å². The maximum absolute atomic E-state index is 3.54. The molecule has 1 heteroatoms. The molecule has 1 aliphatic rings. The fourth-order valence-electron chi connectivity index (χ4n) is 1.82. The number of nitrogens with one attached hydrogen (secondary N) is 1. The minimum atomic E-state index is 0.611. The highest BCUT2D eigenvalue weighted by Crippen LogP contribution is 2.21. The smallest absolute Gasteiger partial charge is 0.0320 e. The third kappa shape index (κ3) is 7.17. The van der Waals surface area contributed by atoms with Gasteiger partial charge in [0.2, 0.25) is 0 Å². The van der Waals surface area contributed by atoms with Crippen LogP contribution in [-0.2, 0) is 0 Å². The van der Waals surface area contributed by atoms with Crippen LogP contribution in [0.1, 0.15) is 65.0 Å². The summed E-state index contributed by atoms with van der Waals surface area (Å²) < 4.78 is 0. The van der Waals surface area contributed by atoms with Gasteiger partial charge in [-0.05, 0) is 24.9 Å². The van der Waals surface area contributed by atoms with E-state index in [-0.39, 0.29) is 0 Å². The number of hydrogen-bond donors (Lipinski definition) is 1. The summed E-state index contributed by atoms with van der Waals surface area (Å²) >= 11 is 0. The van der Waals surface area contributed by atoms with Crippen LogP contribution < -0.4 is 5.32 Å². The molecule has 1 saturated heterocycles. The van der Waals surface area contributed by atoms with E-state index in [2.05, 4.69) is 49.5 Å². The lowest BCUT2D eigenvalue weighted by Crippen LogP contribution is -2.26. The fraction of sp³-hybridized carbons (Fsp3) is 0.625. The van der Waals surface area contributed by atoms with Crippen molar-refractivity contribution in [1.82, 2.24) is 5.32 Å². The Kier molecular flexibility index (Phi) is 11.1. The third-order valence-corrected chi connectivity index (χ3v) is 2.51. The Morgan fingerprint density at radius 2 is 1.65 bits per heavy atom. The van der Waals surface area contributed by atoms with Crippen LogP contribution >= 0.6 is 0 Å². The summed E-state index contributed by atoms with van der Waals surface area (Å²) in [6.45, 7) is 9.43. The molecular weight excluding hydrogens is 206 g/mol. The monoisotopic (exact) mass is 235 g/mol. The maximum atomic E-state index is 3.54. The van der Waals surface area contributed by atoms with Gasteiger partial charge in [0.15, 0.2) is 0 Å². The van der Waals surface area contributed by atoms with Crippen LogP contribution in [0.3, 0.4) is 0 Å². The van der Waals surface area contributed by atoms with Crippen LogP contribution in [0.2, 0.25) is 0 Å². The van der Waals surface area contributed by atoms with Gasteiger partial charge in [-0.25, -0.2) is 0 Å². The molecule has 1 heterocycles. The van der Waals surface area contributed by atoms with E-state index in [1.165, 1.54) is 37.8 Å². The number of rotatable bonds is 1. The second-order valence-electron chi connectivity index (χ2n) is 4.12. The minimum Gasteiger partial charge on any atom is -0.310 e. The van der Waals surface area contributed by atoms with E-state index in [9.17, 15) is 0 Å². The van der Waals surface area contributed by atoms with Gasteiger partial charge in [-0.15, -0.1) is 0 Å². The van der Waals surface area contributed by atoms with E-state index in [1.54, 1.807) is 0 Å². The van der Waals surface area contributed by atoms with E-state index in [0.717, 1.165) is 0 Å². The van der Waals surface area contributed by atoms with Gasteiger partial charge < -0.3 is 5.32 Å². The first-order chi connectivity index (χ1) is 8.38. The predicted octanol–water partition coefficient (Wildman–Crippen LogP) is 4.94. The standard InChI is InChI=1S/C11H15N.C3H8.C2H6/c1-2-6-10(7-3-1)11-8-4-5-9-12-11;1-3-2;1-2/h1-3,6-7,11-12H,4-5,8-9H2;3H2,1-2H3;1-2H3. The lowest BCUT2D eigenvalue weighted by molar-refractivity contribution is 0.412. The first kappa shape index (κ1) is 16.2. The Bertz CT molecular complexity index is 237. The molecule has 1 unspecified atom stereocenters. The lowest BCUT2D eigenvalue weighted by Gasteiger charge is -2.23. The molecule has 0 aromatic heterocycles. The van der Waals surface area contributed by atoms with Crippen LogP contribution in [0.5, 0.6) is 0 Å². The molecule has 1 fully saturated rings. The zero-order valence-corrected chi connectivity index (χ0v) is 12.0. The van der Waals surface area contributed by atoms with Crippen LogP contribution in [0.4, 0.5) is 0 Å². The van der Waals surface area contributed by atoms with Gasteiger partial charge in [0.05, 0.1) is 0 Å². The van der Waals surface area contributed by atoms with E-state index < -0.39 is 0 Å². The van der Waals surface area contributed by atoms with Crippen molar-refractivity contribution in [3.05, 3.63) is 35.9 Å². The van der Waals surface area contributed by atoms with Crippen LogP contribution in [0, 0.1) is 0 Å². The third-order valence-electron chi connectivity index (χ3n) is 2.51. The highest BCUT2D eigenvalue weighted by atomic mass is 14.9. The molecule has 0 amide bonds. The second kappa shape index (κ2) is 11.7. The maximum Gasteiger partial charge on any atom is 0.0320 e. The lowest BCUT2D eigenvalue weighted by atomic mass is 9.98. The molecule has 2 rings (SSSR count).